The maximum Gasteiger partial charge on any atom is 0.237 e. The van der Waals surface area contributed by atoms with Crippen LogP contribution in [0, 0.1) is 0 Å². The van der Waals surface area contributed by atoms with Crippen LogP contribution in [-0.4, -0.2) is 31.6 Å². The molecule has 1 fully saturated rings. The monoisotopic (exact) mass is 296 g/mol. The first-order valence-corrected chi connectivity index (χ1v) is 7.07. The van der Waals surface area contributed by atoms with Crippen molar-refractivity contribution in [3.63, 3.8) is 0 Å². The van der Waals surface area contributed by atoms with Crippen LogP contribution in [0.5, 0.6) is 5.75 Å². The Bertz CT molecular complexity index is 461. The van der Waals surface area contributed by atoms with E-state index in [-0.39, 0.29) is 24.4 Å². The Kier molecular flexibility index (Phi) is 5.26. The van der Waals surface area contributed by atoms with Crippen molar-refractivity contribution in [2.24, 2.45) is 0 Å². The molecular formula is C15H21ClN2O2. The van der Waals surface area contributed by atoms with E-state index >= 15 is 0 Å². The van der Waals surface area contributed by atoms with Gasteiger partial charge in [0.2, 0.25) is 5.91 Å². The summed E-state index contributed by atoms with van der Waals surface area (Å²) in [6.07, 6.45) is 3.02. The molecule has 2 heterocycles. The SMILES string of the molecule is Cl.O=C(NCC1CCOc2ccccc21)C1CCCN1. The molecule has 2 N–H and O–H groups in total. The molecule has 0 saturated carbocycles. The van der Waals surface area contributed by atoms with Gasteiger partial charge in [-0.1, -0.05) is 18.2 Å². The summed E-state index contributed by atoms with van der Waals surface area (Å²) in [4.78, 5) is 12.0. The van der Waals surface area contributed by atoms with Crippen LogP contribution in [0.2, 0.25) is 0 Å². The van der Waals surface area contributed by atoms with E-state index in [2.05, 4.69) is 16.7 Å². The molecule has 20 heavy (non-hydrogen) atoms. The third-order valence-corrected chi connectivity index (χ3v) is 3.98. The lowest BCUT2D eigenvalue weighted by Gasteiger charge is -2.26. The van der Waals surface area contributed by atoms with Crippen molar-refractivity contribution in [3.05, 3.63) is 29.8 Å². The van der Waals surface area contributed by atoms with E-state index in [1.54, 1.807) is 0 Å². The molecule has 3 rings (SSSR count). The van der Waals surface area contributed by atoms with Gasteiger partial charge in [0, 0.05) is 12.5 Å². The third kappa shape index (κ3) is 3.25. The molecular weight excluding hydrogens is 276 g/mol. The van der Waals surface area contributed by atoms with Gasteiger partial charge in [-0.25, -0.2) is 0 Å². The fourth-order valence-electron chi connectivity index (χ4n) is 2.88. The Morgan fingerprint density at radius 2 is 2.20 bits per heavy atom. The van der Waals surface area contributed by atoms with Gasteiger partial charge in [-0.15, -0.1) is 12.4 Å². The Morgan fingerprint density at radius 1 is 1.35 bits per heavy atom. The summed E-state index contributed by atoms with van der Waals surface area (Å²) in [5, 5.41) is 6.30. The molecule has 0 bridgehead atoms. The van der Waals surface area contributed by atoms with Gasteiger partial charge >= 0.3 is 0 Å². The van der Waals surface area contributed by atoms with Gasteiger partial charge in [-0.2, -0.15) is 0 Å². The van der Waals surface area contributed by atoms with Crippen molar-refractivity contribution in [2.45, 2.75) is 31.2 Å². The number of hydrogen-bond donors (Lipinski definition) is 2. The van der Waals surface area contributed by atoms with Crippen LogP contribution in [0.15, 0.2) is 24.3 Å². The summed E-state index contributed by atoms with van der Waals surface area (Å²) in [7, 11) is 0. The number of hydrogen-bond acceptors (Lipinski definition) is 3. The highest BCUT2D eigenvalue weighted by Crippen LogP contribution is 2.32. The first-order chi connectivity index (χ1) is 9.34. The zero-order valence-corrected chi connectivity index (χ0v) is 12.2. The molecule has 1 saturated heterocycles. The van der Waals surface area contributed by atoms with Crippen molar-refractivity contribution in [1.29, 1.82) is 0 Å². The first-order valence-electron chi connectivity index (χ1n) is 7.07. The Morgan fingerprint density at radius 3 is 3.00 bits per heavy atom. The van der Waals surface area contributed by atoms with Gasteiger partial charge in [-0.3, -0.25) is 4.79 Å². The maximum absolute atomic E-state index is 12.0. The minimum Gasteiger partial charge on any atom is -0.493 e. The van der Waals surface area contributed by atoms with Crippen molar-refractivity contribution in [1.82, 2.24) is 10.6 Å². The number of carbonyl (C=O) groups excluding carboxylic acids is 1. The molecule has 0 aliphatic carbocycles. The van der Waals surface area contributed by atoms with E-state index in [9.17, 15) is 4.79 Å². The van der Waals surface area contributed by atoms with Crippen LogP contribution in [0.1, 0.15) is 30.7 Å². The Labute approximate surface area is 125 Å². The van der Waals surface area contributed by atoms with Crippen molar-refractivity contribution in [2.75, 3.05) is 19.7 Å². The Hall–Kier alpha value is -1.26. The highest BCUT2D eigenvalue weighted by atomic mass is 35.5. The minimum atomic E-state index is 0. The number of fused-ring (bicyclic) bond motifs is 1. The van der Waals surface area contributed by atoms with Crippen LogP contribution in [0.4, 0.5) is 0 Å². The largest absolute Gasteiger partial charge is 0.493 e. The van der Waals surface area contributed by atoms with E-state index in [1.165, 1.54) is 5.56 Å². The summed E-state index contributed by atoms with van der Waals surface area (Å²) in [5.74, 6) is 1.48. The summed E-state index contributed by atoms with van der Waals surface area (Å²) in [6.45, 7) is 2.40. The summed E-state index contributed by atoms with van der Waals surface area (Å²) < 4.78 is 5.64. The third-order valence-electron chi connectivity index (χ3n) is 3.98. The average molecular weight is 297 g/mol. The van der Waals surface area contributed by atoms with Gasteiger partial charge < -0.3 is 15.4 Å². The molecule has 0 spiro atoms. The zero-order valence-electron chi connectivity index (χ0n) is 11.4. The fraction of sp³-hybridized carbons (Fsp3) is 0.533. The normalized spacial score (nSPS) is 24.2. The predicted molar refractivity (Wildman–Crippen MR) is 80.6 cm³/mol. The Balaban J connectivity index is 0.00000147. The van der Waals surface area contributed by atoms with E-state index in [4.69, 9.17) is 4.74 Å². The second-order valence-electron chi connectivity index (χ2n) is 5.27. The molecule has 2 atom stereocenters. The number of benzene rings is 1. The number of ether oxygens (including phenoxy) is 1. The van der Waals surface area contributed by atoms with Crippen LogP contribution in [0.25, 0.3) is 0 Å². The molecule has 0 radical (unpaired) electrons. The maximum atomic E-state index is 12.0. The van der Waals surface area contributed by atoms with Crippen LogP contribution in [-0.2, 0) is 4.79 Å². The molecule has 2 unspecified atom stereocenters. The molecule has 110 valence electrons. The molecule has 0 aromatic heterocycles. The van der Waals surface area contributed by atoms with Gasteiger partial charge in [0.1, 0.15) is 5.75 Å². The second-order valence-corrected chi connectivity index (χ2v) is 5.27. The van der Waals surface area contributed by atoms with Gasteiger partial charge in [0.05, 0.1) is 12.6 Å². The number of halogens is 1. The van der Waals surface area contributed by atoms with Crippen LogP contribution < -0.4 is 15.4 Å². The van der Waals surface area contributed by atoms with Crippen LogP contribution >= 0.6 is 12.4 Å². The smallest absolute Gasteiger partial charge is 0.237 e. The summed E-state index contributed by atoms with van der Waals surface area (Å²) >= 11 is 0. The second kappa shape index (κ2) is 6.95. The van der Waals surface area contributed by atoms with Crippen LogP contribution in [0.3, 0.4) is 0 Å². The zero-order chi connectivity index (χ0) is 13.1. The fourth-order valence-corrected chi connectivity index (χ4v) is 2.88. The number of nitrogens with one attached hydrogen (secondary N) is 2. The lowest BCUT2D eigenvalue weighted by Crippen LogP contribution is -2.42. The highest BCUT2D eigenvalue weighted by molar-refractivity contribution is 5.85. The molecule has 2 aliphatic rings. The van der Waals surface area contributed by atoms with Crippen molar-refractivity contribution >= 4 is 18.3 Å². The topological polar surface area (TPSA) is 50.4 Å². The van der Waals surface area contributed by atoms with E-state index in [0.29, 0.717) is 12.5 Å². The van der Waals surface area contributed by atoms with Gasteiger partial charge in [0.25, 0.3) is 0 Å². The number of rotatable bonds is 3. The number of carbonyl (C=O) groups is 1. The van der Waals surface area contributed by atoms with E-state index in [1.807, 2.05) is 18.2 Å². The average Bonchev–Trinajstić information content (AvgIpc) is 2.99. The molecule has 5 heteroatoms. The van der Waals surface area contributed by atoms with Gasteiger partial charge in [0.15, 0.2) is 0 Å². The van der Waals surface area contributed by atoms with E-state index in [0.717, 1.165) is 38.2 Å². The molecule has 1 amide bonds. The van der Waals surface area contributed by atoms with E-state index < -0.39 is 0 Å². The lowest BCUT2D eigenvalue weighted by molar-refractivity contribution is -0.122. The predicted octanol–water partition coefficient (Wildman–Crippen LogP) is 1.84. The van der Waals surface area contributed by atoms with Gasteiger partial charge in [-0.05, 0) is 37.4 Å². The molecule has 1 aromatic rings. The first kappa shape index (κ1) is 15.1. The van der Waals surface area contributed by atoms with Crippen molar-refractivity contribution in [3.8, 4) is 5.75 Å². The molecule has 1 aromatic carbocycles. The molecule has 4 nitrogen and oxygen atoms in total. The summed E-state index contributed by atoms with van der Waals surface area (Å²) in [6, 6.07) is 8.12. The van der Waals surface area contributed by atoms with Crippen molar-refractivity contribution < 1.29 is 9.53 Å². The quantitative estimate of drug-likeness (QED) is 0.895. The molecule has 2 aliphatic heterocycles. The highest BCUT2D eigenvalue weighted by Gasteiger charge is 2.25. The number of para-hydroxylation sites is 1. The number of amides is 1. The summed E-state index contributed by atoms with van der Waals surface area (Å²) in [5.41, 5.74) is 1.22. The minimum absolute atomic E-state index is 0. The standard InChI is InChI=1S/C15H20N2O2.ClH/c18-15(13-5-3-8-16-13)17-10-11-7-9-19-14-6-2-1-4-12(11)14;/h1-2,4,6,11,13,16H,3,5,7-10H2,(H,17,18);1H. The lowest BCUT2D eigenvalue weighted by atomic mass is 9.93.